The van der Waals surface area contributed by atoms with Crippen LogP contribution in [0.4, 0.5) is 11.6 Å². The molecule has 1 fully saturated rings. The van der Waals surface area contributed by atoms with E-state index in [4.69, 9.17) is 5.84 Å². The number of nitrogens with zero attached hydrogens (tertiary/aromatic N) is 3. The van der Waals surface area contributed by atoms with Gasteiger partial charge >= 0.3 is 0 Å². The lowest BCUT2D eigenvalue weighted by Crippen LogP contribution is -2.13. The Hall–Kier alpha value is -1.82. The van der Waals surface area contributed by atoms with Gasteiger partial charge < -0.3 is 15.1 Å². The number of imidazole rings is 1. The summed E-state index contributed by atoms with van der Waals surface area (Å²) < 4.78 is 1.90. The molecule has 0 spiro atoms. The van der Waals surface area contributed by atoms with E-state index in [0.29, 0.717) is 5.82 Å². The van der Waals surface area contributed by atoms with Crippen LogP contribution in [-0.4, -0.2) is 20.9 Å². The van der Waals surface area contributed by atoms with E-state index in [1.807, 2.05) is 16.8 Å². The number of aromatic nitrogens is 3. The largest absolute Gasteiger partial charge is 0.367 e. The Bertz CT molecular complexity index is 534. The van der Waals surface area contributed by atoms with Gasteiger partial charge in [0.1, 0.15) is 0 Å². The van der Waals surface area contributed by atoms with Gasteiger partial charge in [-0.15, -0.1) is 0 Å². The molecule has 2 atom stereocenters. The van der Waals surface area contributed by atoms with E-state index in [-0.39, 0.29) is 0 Å². The Labute approximate surface area is 99.2 Å². The fourth-order valence-electron chi connectivity index (χ4n) is 2.03. The van der Waals surface area contributed by atoms with Gasteiger partial charge in [-0.25, -0.2) is 15.8 Å². The zero-order chi connectivity index (χ0) is 11.8. The van der Waals surface area contributed by atoms with Crippen LogP contribution in [0.15, 0.2) is 18.6 Å². The molecule has 6 nitrogen and oxygen atoms in total. The van der Waals surface area contributed by atoms with Crippen LogP contribution in [0.3, 0.4) is 0 Å². The molecule has 6 heteroatoms. The van der Waals surface area contributed by atoms with E-state index in [9.17, 15) is 0 Å². The third-order valence-electron chi connectivity index (χ3n) is 3.33. The number of hydrogen-bond donors (Lipinski definition) is 3. The highest BCUT2D eigenvalue weighted by Gasteiger charge is 2.32. The number of rotatable bonds is 4. The van der Waals surface area contributed by atoms with Crippen LogP contribution in [-0.2, 0) is 0 Å². The number of hydrazine groups is 1. The second-order valence-corrected chi connectivity index (χ2v) is 4.63. The first kappa shape index (κ1) is 10.3. The molecule has 17 heavy (non-hydrogen) atoms. The number of anilines is 2. The maximum atomic E-state index is 5.39. The SMILES string of the molecule is CC1CC1CNc1nc(NN)cn2ccnc12. The molecule has 2 heterocycles. The summed E-state index contributed by atoms with van der Waals surface area (Å²) in [4.78, 5) is 8.67. The van der Waals surface area contributed by atoms with Crippen molar-refractivity contribution in [3.63, 3.8) is 0 Å². The van der Waals surface area contributed by atoms with Crippen LogP contribution in [0.1, 0.15) is 13.3 Å². The molecule has 2 aromatic rings. The van der Waals surface area contributed by atoms with Crippen molar-refractivity contribution in [2.75, 3.05) is 17.3 Å². The average Bonchev–Trinajstić information content (AvgIpc) is 2.86. The van der Waals surface area contributed by atoms with Gasteiger partial charge in [0.05, 0.1) is 6.20 Å². The Morgan fingerprint density at radius 2 is 2.41 bits per heavy atom. The molecule has 0 radical (unpaired) electrons. The summed E-state index contributed by atoms with van der Waals surface area (Å²) in [6.45, 7) is 3.22. The van der Waals surface area contributed by atoms with Crippen LogP contribution in [0.25, 0.3) is 5.65 Å². The lowest BCUT2D eigenvalue weighted by Gasteiger charge is -2.08. The van der Waals surface area contributed by atoms with E-state index in [0.717, 1.165) is 29.8 Å². The van der Waals surface area contributed by atoms with Crippen molar-refractivity contribution in [2.45, 2.75) is 13.3 Å². The molecule has 0 amide bonds. The first-order valence-electron chi connectivity index (χ1n) is 5.82. The normalized spacial score (nSPS) is 22.7. The number of hydrogen-bond acceptors (Lipinski definition) is 5. The van der Waals surface area contributed by atoms with Gasteiger partial charge in [0.15, 0.2) is 17.3 Å². The molecular weight excluding hydrogens is 216 g/mol. The molecule has 2 aromatic heterocycles. The molecule has 1 aliphatic carbocycles. The van der Waals surface area contributed by atoms with E-state index in [1.54, 1.807) is 6.20 Å². The molecule has 90 valence electrons. The Kier molecular flexibility index (Phi) is 2.36. The summed E-state index contributed by atoms with van der Waals surface area (Å²) >= 11 is 0. The molecule has 0 saturated heterocycles. The van der Waals surface area contributed by atoms with Gasteiger partial charge in [-0.05, 0) is 18.3 Å². The number of nitrogen functional groups attached to an aromatic ring is 1. The van der Waals surface area contributed by atoms with E-state index < -0.39 is 0 Å². The first-order valence-corrected chi connectivity index (χ1v) is 5.82. The van der Waals surface area contributed by atoms with Crippen molar-refractivity contribution < 1.29 is 0 Å². The van der Waals surface area contributed by atoms with Crippen LogP contribution in [0.2, 0.25) is 0 Å². The zero-order valence-electron chi connectivity index (χ0n) is 9.72. The Morgan fingerprint density at radius 1 is 1.59 bits per heavy atom. The third kappa shape index (κ3) is 1.91. The minimum Gasteiger partial charge on any atom is -0.367 e. The number of nitrogens with one attached hydrogen (secondary N) is 2. The van der Waals surface area contributed by atoms with E-state index in [2.05, 4.69) is 27.6 Å². The van der Waals surface area contributed by atoms with Crippen LogP contribution in [0.5, 0.6) is 0 Å². The van der Waals surface area contributed by atoms with Crippen molar-refractivity contribution in [1.29, 1.82) is 0 Å². The second-order valence-electron chi connectivity index (χ2n) is 4.63. The topological polar surface area (TPSA) is 80.3 Å². The number of fused-ring (bicyclic) bond motifs is 1. The van der Waals surface area contributed by atoms with E-state index >= 15 is 0 Å². The van der Waals surface area contributed by atoms with Gasteiger partial charge in [-0.2, -0.15) is 0 Å². The second kappa shape index (κ2) is 3.89. The van der Waals surface area contributed by atoms with Gasteiger partial charge in [0, 0.05) is 18.9 Å². The highest BCUT2D eigenvalue weighted by molar-refractivity contribution is 5.65. The van der Waals surface area contributed by atoms with Crippen LogP contribution >= 0.6 is 0 Å². The van der Waals surface area contributed by atoms with Gasteiger partial charge in [-0.1, -0.05) is 6.92 Å². The maximum absolute atomic E-state index is 5.39. The lowest BCUT2D eigenvalue weighted by atomic mass is 10.3. The lowest BCUT2D eigenvalue weighted by molar-refractivity contribution is 0.784. The molecular formula is C11H16N6. The van der Waals surface area contributed by atoms with Gasteiger partial charge in [0.25, 0.3) is 0 Å². The average molecular weight is 232 g/mol. The van der Waals surface area contributed by atoms with Crippen LogP contribution in [0, 0.1) is 11.8 Å². The molecule has 0 bridgehead atoms. The first-order chi connectivity index (χ1) is 8.28. The van der Waals surface area contributed by atoms with E-state index in [1.165, 1.54) is 6.42 Å². The summed E-state index contributed by atoms with van der Waals surface area (Å²) in [6, 6.07) is 0. The van der Waals surface area contributed by atoms with Gasteiger partial charge in [-0.3, -0.25) is 0 Å². The van der Waals surface area contributed by atoms with Crippen molar-refractivity contribution >= 4 is 17.3 Å². The van der Waals surface area contributed by atoms with Gasteiger partial charge in [0.2, 0.25) is 0 Å². The predicted octanol–water partition coefficient (Wildman–Crippen LogP) is 1.08. The highest BCUT2D eigenvalue weighted by atomic mass is 15.3. The highest BCUT2D eigenvalue weighted by Crippen LogP contribution is 2.37. The molecule has 3 rings (SSSR count). The summed E-state index contributed by atoms with van der Waals surface area (Å²) in [6.07, 6.45) is 6.74. The van der Waals surface area contributed by atoms with Crippen LogP contribution < -0.4 is 16.6 Å². The monoisotopic (exact) mass is 232 g/mol. The van der Waals surface area contributed by atoms with Crippen molar-refractivity contribution in [3.05, 3.63) is 18.6 Å². The smallest absolute Gasteiger partial charge is 0.180 e. The Balaban J connectivity index is 1.87. The third-order valence-corrected chi connectivity index (χ3v) is 3.33. The summed E-state index contributed by atoms with van der Waals surface area (Å²) in [7, 11) is 0. The molecule has 1 aliphatic rings. The zero-order valence-corrected chi connectivity index (χ0v) is 9.72. The fourth-order valence-corrected chi connectivity index (χ4v) is 2.03. The molecule has 1 saturated carbocycles. The van der Waals surface area contributed by atoms with Crippen molar-refractivity contribution in [3.8, 4) is 0 Å². The molecule has 0 aromatic carbocycles. The summed E-state index contributed by atoms with van der Waals surface area (Å²) in [5, 5.41) is 3.35. The minimum atomic E-state index is 0.627. The van der Waals surface area contributed by atoms with Crippen molar-refractivity contribution in [2.24, 2.45) is 17.7 Å². The number of nitrogens with two attached hydrogens (primary N) is 1. The molecule has 4 N–H and O–H groups in total. The predicted molar refractivity (Wildman–Crippen MR) is 66.6 cm³/mol. The summed E-state index contributed by atoms with van der Waals surface area (Å²) in [5.41, 5.74) is 3.39. The maximum Gasteiger partial charge on any atom is 0.180 e. The standard InChI is InChI=1S/C11H16N6/c1-7-4-8(7)5-14-10-11-13-2-3-17(11)6-9(15-10)16-12/h2-3,6-8,16H,4-5,12H2,1H3,(H,14,15). The Morgan fingerprint density at radius 3 is 3.12 bits per heavy atom. The molecule has 2 unspecified atom stereocenters. The summed E-state index contributed by atoms with van der Waals surface area (Å²) in [5.74, 6) is 8.40. The fraction of sp³-hybridized carbons (Fsp3) is 0.455. The minimum absolute atomic E-state index is 0.627. The quantitative estimate of drug-likeness (QED) is 0.543. The molecule has 0 aliphatic heterocycles. The van der Waals surface area contributed by atoms with Crippen molar-refractivity contribution in [1.82, 2.24) is 14.4 Å².